The molecule has 10 rings (SSSR count). The van der Waals surface area contributed by atoms with E-state index in [-0.39, 0.29) is 12.3 Å². The molecule has 5 nitrogen and oxygen atoms in total. The van der Waals surface area contributed by atoms with Crippen molar-refractivity contribution in [3.8, 4) is 5.69 Å². The highest BCUT2D eigenvalue weighted by Gasteiger charge is 2.25. The van der Waals surface area contributed by atoms with Gasteiger partial charge in [-0.3, -0.25) is 9.56 Å². The molecule has 1 N–H and O–H groups in total. The summed E-state index contributed by atoms with van der Waals surface area (Å²) in [6, 6.07) is 58.1. The number of hydrogen-bond acceptors (Lipinski definition) is 2. The van der Waals surface area contributed by atoms with Gasteiger partial charge in [0.1, 0.15) is 0 Å². The first-order valence-electron chi connectivity index (χ1n) is 16.4. The molecule has 0 radical (unpaired) electrons. The van der Waals surface area contributed by atoms with E-state index in [1.54, 1.807) is 0 Å². The predicted molar refractivity (Wildman–Crippen MR) is 199 cm³/mol. The summed E-state index contributed by atoms with van der Waals surface area (Å²) in [5, 5.41) is 16.3. The van der Waals surface area contributed by atoms with E-state index < -0.39 is 0 Å². The number of hydrogen-bond donors (Lipinski definition) is 1. The second-order valence-electron chi connectivity index (χ2n) is 12.4. The summed E-state index contributed by atoms with van der Waals surface area (Å²) in [5.41, 5.74) is 7.83. The Balaban J connectivity index is 1.36. The van der Waals surface area contributed by atoms with Crippen molar-refractivity contribution >= 4 is 60.3 Å². The van der Waals surface area contributed by atoms with E-state index >= 15 is 0 Å². The highest BCUT2D eigenvalue weighted by molar-refractivity contribution is 6.29. The molecule has 0 bridgehead atoms. The molecule has 1 aliphatic heterocycles. The van der Waals surface area contributed by atoms with E-state index in [4.69, 9.17) is 10.3 Å². The maximum atomic E-state index is 5.38. The fraction of sp³-hybridized carbons (Fsp3) is 0.0465. The van der Waals surface area contributed by atoms with Gasteiger partial charge in [0.2, 0.25) is 5.96 Å². The summed E-state index contributed by atoms with van der Waals surface area (Å²) in [6.07, 6.45) is -0.643. The summed E-state index contributed by atoms with van der Waals surface area (Å²) in [7, 11) is 0. The summed E-state index contributed by atoms with van der Waals surface area (Å²) in [6.45, 7) is 0. The average molecular weight is 617 g/mol. The van der Waals surface area contributed by atoms with Gasteiger partial charge in [0.15, 0.2) is 0 Å². The monoisotopic (exact) mass is 616 g/mol. The molecule has 9 aromatic rings. The van der Waals surface area contributed by atoms with Gasteiger partial charge in [-0.2, -0.15) is 0 Å². The third-order valence-electron chi connectivity index (χ3n) is 9.69. The first-order chi connectivity index (χ1) is 23.8. The molecule has 0 aliphatic carbocycles. The molecule has 3 heterocycles. The number of para-hydroxylation sites is 2. The zero-order chi connectivity index (χ0) is 31.6. The molecular weight excluding hydrogens is 587 g/mol. The molecule has 0 spiro atoms. The lowest BCUT2D eigenvalue weighted by Crippen LogP contribution is -2.37. The van der Waals surface area contributed by atoms with Crippen LogP contribution in [0.4, 0.5) is 0 Å². The second-order valence-corrected chi connectivity index (χ2v) is 12.4. The molecule has 0 saturated heterocycles. The van der Waals surface area contributed by atoms with Gasteiger partial charge in [-0.1, -0.05) is 140 Å². The smallest absolute Gasteiger partial charge is 0.201 e. The van der Waals surface area contributed by atoms with Gasteiger partial charge < -0.3 is 15.2 Å². The number of rotatable bonds is 3. The lowest BCUT2D eigenvalue weighted by atomic mass is 10.0. The topological polar surface area (TPSA) is 48.4 Å². The van der Waals surface area contributed by atoms with Crippen molar-refractivity contribution in [1.82, 2.24) is 14.5 Å². The number of benzene rings is 7. The molecule has 2 aromatic heterocycles. The quantitative estimate of drug-likeness (QED) is 0.211. The van der Waals surface area contributed by atoms with Crippen LogP contribution in [0.5, 0.6) is 0 Å². The molecule has 0 saturated carbocycles. The van der Waals surface area contributed by atoms with E-state index in [0.717, 1.165) is 39.3 Å². The molecule has 0 amide bonds. The Morgan fingerprint density at radius 3 is 1.90 bits per heavy atom. The Morgan fingerprint density at radius 2 is 1.10 bits per heavy atom. The first-order valence-corrected chi connectivity index (χ1v) is 16.4. The predicted octanol–water partition coefficient (Wildman–Crippen LogP) is 10.6. The Kier molecular flexibility index (Phi) is 6.01. The maximum Gasteiger partial charge on any atom is 0.201 e. The van der Waals surface area contributed by atoms with Crippen molar-refractivity contribution in [2.75, 3.05) is 0 Å². The van der Waals surface area contributed by atoms with Crippen molar-refractivity contribution in [3.05, 3.63) is 180 Å². The van der Waals surface area contributed by atoms with Crippen LogP contribution in [0, 0.1) is 0 Å². The molecule has 48 heavy (non-hydrogen) atoms. The Labute approximate surface area is 277 Å². The molecule has 2 unspecified atom stereocenters. The molecule has 2 atom stereocenters. The third-order valence-corrected chi connectivity index (χ3v) is 9.69. The highest BCUT2D eigenvalue weighted by atomic mass is 15.4. The normalized spacial score (nSPS) is 16.5. The Hall–Kier alpha value is -6.17. The van der Waals surface area contributed by atoms with E-state index in [0.29, 0.717) is 0 Å². The minimum absolute atomic E-state index is 0.275. The van der Waals surface area contributed by atoms with E-state index in [2.05, 4.69) is 166 Å². The minimum Gasteiger partial charge on any atom is -0.613 e. The molecule has 228 valence electrons. The van der Waals surface area contributed by atoms with Crippen LogP contribution in [0.2, 0.25) is 0 Å². The van der Waals surface area contributed by atoms with Crippen molar-refractivity contribution in [1.29, 1.82) is 0 Å². The summed E-state index contributed by atoms with van der Waals surface area (Å²) in [5.74, 6) is 0.779. The lowest BCUT2D eigenvalue weighted by molar-refractivity contribution is 0.618. The van der Waals surface area contributed by atoms with Crippen LogP contribution in [0.15, 0.2) is 169 Å². The fourth-order valence-electron chi connectivity index (χ4n) is 7.58. The van der Waals surface area contributed by atoms with Gasteiger partial charge in [-0.25, -0.2) is 0 Å². The molecular formula is C43H30N5-. The van der Waals surface area contributed by atoms with E-state index in [9.17, 15) is 0 Å². The van der Waals surface area contributed by atoms with Crippen molar-refractivity contribution in [3.63, 3.8) is 0 Å². The zero-order valence-electron chi connectivity index (χ0n) is 26.0. The van der Waals surface area contributed by atoms with Gasteiger partial charge in [-0.15, -0.1) is 0 Å². The van der Waals surface area contributed by atoms with Crippen LogP contribution >= 0.6 is 0 Å². The van der Waals surface area contributed by atoms with Crippen LogP contribution < -0.4 is 5.32 Å². The Bertz CT molecular complexity index is 2670. The number of aromatic nitrogens is 2. The van der Waals surface area contributed by atoms with Crippen molar-refractivity contribution < 1.29 is 0 Å². The standard InChI is InChI=1S/C43H30N5/c1-4-15-29(16-5-1)41-44-42(30-17-6-2-7-18-30)46-43(45-41)48-36-23-13-12-22-33(36)34-25-26-35-38-32-21-11-10-14-28(32)24-27-37(38)47(40(35)39(34)48)31-19-8-3-9-20-31/h1-27,41-42H,(H,45,46)/q-1. The van der Waals surface area contributed by atoms with Crippen LogP contribution in [0.25, 0.3) is 65.4 Å². The molecule has 1 aliphatic rings. The number of fused-ring (bicyclic) bond motifs is 9. The third kappa shape index (κ3) is 4.05. The van der Waals surface area contributed by atoms with Crippen LogP contribution in [-0.4, -0.2) is 15.1 Å². The minimum atomic E-state index is -0.369. The van der Waals surface area contributed by atoms with Gasteiger partial charge in [0.25, 0.3) is 0 Å². The largest absolute Gasteiger partial charge is 0.613 e. The SMILES string of the molecule is c1ccc(C2N=C(n3c4ccccc4c4ccc5c6c7ccccc7ccc6n(-c6ccccc6)c5c43)NC(c3ccccc3)[N-]2)cc1. The van der Waals surface area contributed by atoms with Gasteiger partial charge in [0.05, 0.1) is 22.1 Å². The maximum absolute atomic E-state index is 5.38. The van der Waals surface area contributed by atoms with E-state index in [1.165, 1.54) is 37.8 Å². The van der Waals surface area contributed by atoms with Gasteiger partial charge in [-0.05, 0) is 58.5 Å². The van der Waals surface area contributed by atoms with Crippen LogP contribution in [0.3, 0.4) is 0 Å². The van der Waals surface area contributed by atoms with Crippen molar-refractivity contribution in [2.45, 2.75) is 12.3 Å². The number of nitrogens with zero attached hydrogens (tertiary/aromatic N) is 4. The highest BCUT2D eigenvalue weighted by Crippen LogP contribution is 2.43. The molecule has 0 fully saturated rings. The van der Waals surface area contributed by atoms with Gasteiger partial charge in [0, 0.05) is 27.2 Å². The van der Waals surface area contributed by atoms with Gasteiger partial charge >= 0.3 is 0 Å². The number of aliphatic imine (C=N–C) groups is 1. The zero-order valence-corrected chi connectivity index (χ0v) is 26.0. The summed E-state index contributed by atoms with van der Waals surface area (Å²) < 4.78 is 4.78. The lowest BCUT2D eigenvalue weighted by Gasteiger charge is -2.44. The van der Waals surface area contributed by atoms with Crippen LogP contribution in [0.1, 0.15) is 23.5 Å². The molecule has 7 aromatic carbocycles. The summed E-state index contributed by atoms with van der Waals surface area (Å²) in [4.78, 5) is 5.38. The Morgan fingerprint density at radius 1 is 0.479 bits per heavy atom. The van der Waals surface area contributed by atoms with E-state index in [1.807, 2.05) is 12.1 Å². The number of nitrogens with one attached hydrogen (secondary N) is 1. The fourth-order valence-corrected chi connectivity index (χ4v) is 7.58. The van der Waals surface area contributed by atoms with Crippen molar-refractivity contribution in [2.24, 2.45) is 4.99 Å². The first kappa shape index (κ1) is 27.0. The molecule has 5 heteroatoms. The van der Waals surface area contributed by atoms with Crippen LogP contribution in [-0.2, 0) is 0 Å². The summed E-state index contributed by atoms with van der Waals surface area (Å²) >= 11 is 0. The second kappa shape index (κ2) is 10.7. The average Bonchev–Trinajstić information content (AvgIpc) is 3.69.